The molecule has 0 N–H and O–H groups in total. The normalized spacial score (nSPS) is 14.2. The summed E-state index contributed by atoms with van der Waals surface area (Å²) in [5, 5.41) is 0.558. The van der Waals surface area contributed by atoms with Crippen molar-refractivity contribution in [2.45, 2.75) is 6.92 Å². The fourth-order valence-corrected chi connectivity index (χ4v) is 3.01. The molecule has 1 aromatic carbocycles. The molecule has 3 heterocycles. The summed E-state index contributed by atoms with van der Waals surface area (Å²) in [5.41, 5.74) is 1.58. The van der Waals surface area contributed by atoms with Crippen molar-refractivity contribution in [3.8, 4) is 22.8 Å². The topological polar surface area (TPSA) is 60.4 Å². The molecular formula is C20H19ClN4O2. The van der Waals surface area contributed by atoms with Gasteiger partial charge in [-0.25, -0.2) is 15.0 Å². The number of benzene rings is 1. The van der Waals surface area contributed by atoms with E-state index in [9.17, 15) is 0 Å². The quantitative estimate of drug-likeness (QED) is 0.676. The van der Waals surface area contributed by atoms with Crippen LogP contribution >= 0.6 is 11.6 Å². The average Bonchev–Trinajstić information content (AvgIpc) is 2.71. The van der Waals surface area contributed by atoms with Gasteiger partial charge >= 0.3 is 0 Å². The van der Waals surface area contributed by atoms with Crippen LogP contribution in [0.1, 0.15) is 5.82 Å². The van der Waals surface area contributed by atoms with Crippen molar-refractivity contribution < 1.29 is 9.47 Å². The Morgan fingerprint density at radius 2 is 1.81 bits per heavy atom. The molecule has 0 aliphatic carbocycles. The second kappa shape index (κ2) is 7.90. The van der Waals surface area contributed by atoms with Crippen molar-refractivity contribution in [3.05, 3.63) is 59.6 Å². The summed E-state index contributed by atoms with van der Waals surface area (Å²) in [6.07, 6.45) is 3.54. The summed E-state index contributed by atoms with van der Waals surface area (Å²) in [5.74, 6) is 2.81. The Hall–Kier alpha value is -2.70. The monoisotopic (exact) mass is 382 g/mol. The fraction of sp³-hybridized carbons (Fsp3) is 0.250. The van der Waals surface area contributed by atoms with Crippen LogP contribution in [0.2, 0.25) is 5.02 Å². The zero-order valence-corrected chi connectivity index (χ0v) is 15.7. The Bertz CT molecular complexity index is 928. The standard InChI is InChI=1S/C20H19ClN4O2/c1-14-22-12-15(13-23-14)18-10-16(27-19-5-3-2-4-17(19)21)11-20(24-18)25-6-8-26-9-7-25/h2-5,10-13H,6-9H2,1H3. The van der Waals surface area contributed by atoms with Crippen LogP contribution in [0, 0.1) is 6.92 Å². The predicted molar refractivity (Wildman–Crippen MR) is 105 cm³/mol. The van der Waals surface area contributed by atoms with E-state index in [1.54, 1.807) is 18.5 Å². The van der Waals surface area contributed by atoms with Gasteiger partial charge in [0.2, 0.25) is 0 Å². The molecule has 3 aromatic rings. The van der Waals surface area contributed by atoms with Crippen molar-refractivity contribution in [3.63, 3.8) is 0 Å². The minimum Gasteiger partial charge on any atom is -0.456 e. The summed E-state index contributed by atoms with van der Waals surface area (Å²) in [6, 6.07) is 11.2. The number of nitrogens with zero attached hydrogens (tertiary/aromatic N) is 4. The van der Waals surface area contributed by atoms with Crippen LogP contribution in [0.5, 0.6) is 11.5 Å². The largest absolute Gasteiger partial charge is 0.456 e. The van der Waals surface area contributed by atoms with Gasteiger partial charge in [0.15, 0.2) is 0 Å². The van der Waals surface area contributed by atoms with Crippen LogP contribution < -0.4 is 9.64 Å². The first-order valence-electron chi connectivity index (χ1n) is 8.75. The smallest absolute Gasteiger partial charge is 0.146 e. The molecule has 0 amide bonds. The Kier molecular flexibility index (Phi) is 5.18. The maximum atomic E-state index is 6.25. The van der Waals surface area contributed by atoms with Crippen LogP contribution in [-0.2, 0) is 4.74 Å². The highest BCUT2D eigenvalue weighted by Crippen LogP contribution is 2.33. The summed E-state index contributed by atoms with van der Waals surface area (Å²) >= 11 is 6.25. The van der Waals surface area contributed by atoms with E-state index in [2.05, 4.69) is 14.9 Å². The molecule has 6 nitrogen and oxygen atoms in total. The van der Waals surface area contributed by atoms with E-state index < -0.39 is 0 Å². The van der Waals surface area contributed by atoms with E-state index in [4.69, 9.17) is 26.1 Å². The van der Waals surface area contributed by atoms with E-state index in [1.807, 2.05) is 37.3 Å². The second-order valence-corrected chi connectivity index (χ2v) is 6.60. The summed E-state index contributed by atoms with van der Waals surface area (Å²) in [7, 11) is 0. The number of halogens is 1. The number of anilines is 1. The first-order valence-corrected chi connectivity index (χ1v) is 9.13. The van der Waals surface area contributed by atoms with Crippen LogP contribution in [0.4, 0.5) is 5.82 Å². The highest BCUT2D eigenvalue weighted by atomic mass is 35.5. The molecule has 1 aliphatic heterocycles. The Balaban J connectivity index is 1.73. The number of hydrogen-bond donors (Lipinski definition) is 0. The van der Waals surface area contributed by atoms with Crippen LogP contribution in [0.3, 0.4) is 0 Å². The van der Waals surface area contributed by atoms with Gasteiger partial charge < -0.3 is 14.4 Å². The van der Waals surface area contributed by atoms with Gasteiger partial charge in [-0.2, -0.15) is 0 Å². The van der Waals surface area contributed by atoms with Crippen molar-refractivity contribution in [1.29, 1.82) is 0 Å². The number of rotatable bonds is 4. The van der Waals surface area contributed by atoms with Gasteiger partial charge in [0.05, 0.1) is 23.9 Å². The van der Waals surface area contributed by atoms with Crippen molar-refractivity contribution >= 4 is 17.4 Å². The SMILES string of the molecule is Cc1ncc(-c2cc(Oc3ccccc3Cl)cc(N3CCOCC3)n2)cn1. The van der Waals surface area contributed by atoms with Gasteiger partial charge in [0.1, 0.15) is 23.1 Å². The molecule has 0 bridgehead atoms. The summed E-state index contributed by atoms with van der Waals surface area (Å²) < 4.78 is 11.5. The number of ether oxygens (including phenoxy) is 2. The van der Waals surface area contributed by atoms with Crippen LogP contribution in [-0.4, -0.2) is 41.3 Å². The molecule has 138 valence electrons. The van der Waals surface area contributed by atoms with Crippen molar-refractivity contribution in [1.82, 2.24) is 15.0 Å². The lowest BCUT2D eigenvalue weighted by Crippen LogP contribution is -2.36. The Labute approximate surface area is 162 Å². The third-order valence-corrected chi connectivity index (χ3v) is 4.57. The predicted octanol–water partition coefficient (Wildman–Crippen LogP) is 4.13. The van der Waals surface area contributed by atoms with Crippen molar-refractivity contribution in [2.75, 3.05) is 31.2 Å². The van der Waals surface area contributed by atoms with E-state index >= 15 is 0 Å². The highest BCUT2D eigenvalue weighted by Gasteiger charge is 2.16. The summed E-state index contributed by atoms with van der Waals surface area (Å²) in [4.78, 5) is 15.5. The lowest BCUT2D eigenvalue weighted by molar-refractivity contribution is 0.122. The molecule has 7 heteroatoms. The number of aryl methyl sites for hydroxylation is 1. The highest BCUT2D eigenvalue weighted by molar-refractivity contribution is 6.32. The molecule has 0 atom stereocenters. The van der Waals surface area contributed by atoms with Gasteiger partial charge in [-0.3, -0.25) is 0 Å². The molecule has 0 unspecified atom stereocenters. The van der Waals surface area contributed by atoms with Gasteiger partial charge in [-0.05, 0) is 19.1 Å². The molecule has 4 rings (SSSR count). The van der Waals surface area contributed by atoms with Gasteiger partial charge in [0, 0.05) is 43.2 Å². The zero-order chi connectivity index (χ0) is 18.6. The Morgan fingerprint density at radius 1 is 1.07 bits per heavy atom. The molecule has 0 spiro atoms. The number of hydrogen-bond acceptors (Lipinski definition) is 6. The number of pyridine rings is 1. The second-order valence-electron chi connectivity index (χ2n) is 6.20. The lowest BCUT2D eigenvalue weighted by atomic mass is 10.2. The minimum atomic E-state index is 0.558. The van der Waals surface area contributed by atoms with Crippen LogP contribution in [0.15, 0.2) is 48.8 Å². The van der Waals surface area contributed by atoms with E-state index in [1.165, 1.54) is 0 Å². The van der Waals surface area contributed by atoms with Gasteiger partial charge in [0.25, 0.3) is 0 Å². The summed E-state index contributed by atoms with van der Waals surface area (Å²) in [6.45, 7) is 4.78. The minimum absolute atomic E-state index is 0.558. The molecule has 1 fully saturated rings. The van der Waals surface area contributed by atoms with Crippen LogP contribution in [0.25, 0.3) is 11.3 Å². The van der Waals surface area contributed by atoms with E-state index in [-0.39, 0.29) is 0 Å². The number of morpholine rings is 1. The maximum absolute atomic E-state index is 6.25. The molecular weight excluding hydrogens is 364 g/mol. The molecule has 0 radical (unpaired) electrons. The average molecular weight is 383 g/mol. The first-order chi connectivity index (χ1) is 13.2. The van der Waals surface area contributed by atoms with Gasteiger partial charge in [-0.15, -0.1) is 0 Å². The molecule has 27 heavy (non-hydrogen) atoms. The van der Waals surface area contributed by atoms with E-state index in [0.29, 0.717) is 29.7 Å². The lowest BCUT2D eigenvalue weighted by Gasteiger charge is -2.28. The number of aromatic nitrogens is 3. The van der Waals surface area contributed by atoms with Gasteiger partial charge in [-0.1, -0.05) is 23.7 Å². The molecule has 1 saturated heterocycles. The van der Waals surface area contributed by atoms with E-state index in [0.717, 1.165) is 36.0 Å². The third-order valence-electron chi connectivity index (χ3n) is 4.26. The van der Waals surface area contributed by atoms with Crippen molar-refractivity contribution in [2.24, 2.45) is 0 Å². The number of para-hydroxylation sites is 1. The first kappa shape index (κ1) is 17.7. The Morgan fingerprint density at radius 3 is 2.56 bits per heavy atom. The zero-order valence-electron chi connectivity index (χ0n) is 14.9. The maximum Gasteiger partial charge on any atom is 0.146 e. The third kappa shape index (κ3) is 4.18. The molecule has 0 saturated carbocycles. The molecule has 2 aromatic heterocycles. The fourth-order valence-electron chi connectivity index (χ4n) is 2.83. The molecule has 1 aliphatic rings.